The molecule has 1 heterocycles. The number of nitrogens with zero attached hydrogens (tertiary/aromatic N) is 1. The molecule has 9 heavy (non-hydrogen) atoms. The van der Waals surface area contributed by atoms with E-state index in [0.717, 1.165) is 4.90 Å². The summed E-state index contributed by atoms with van der Waals surface area (Å²) < 4.78 is 10.7. The lowest BCUT2D eigenvalue weighted by atomic mass is 10.5. The highest BCUT2D eigenvalue weighted by Gasteiger charge is 1.91. The maximum Gasteiger partial charge on any atom is 0.0568 e. The minimum atomic E-state index is -0.891. The van der Waals surface area contributed by atoms with Crippen molar-refractivity contribution in [2.75, 3.05) is 6.26 Å². The summed E-state index contributed by atoms with van der Waals surface area (Å²) >= 11 is 0. The van der Waals surface area contributed by atoms with Crippen LogP contribution in [0, 0.1) is 0 Å². The standard InChI is InChI=1S/C6H7NOS/c1-9(8)6-3-2-4-7-5-6/h2-5H,1H3/t9-/m0/s1. The molecule has 2 nitrogen and oxygen atoms in total. The molecule has 0 amide bonds. The maximum absolute atomic E-state index is 10.7. The van der Waals surface area contributed by atoms with Crippen LogP contribution in [-0.4, -0.2) is 15.4 Å². The minimum Gasteiger partial charge on any atom is -0.263 e. The number of hydrogen-bond donors (Lipinski definition) is 0. The zero-order valence-electron chi connectivity index (χ0n) is 5.07. The zero-order chi connectivity index (χ0) is 6.69. The molecule has 0 aliphatic carbocycles. The molecule has 0 saturated heterocycles. The van der Waals surface area contributed by atoms with Gasteiger partial charge < -0.3 is 0 Å². The highest BCUT2D eigenvalue weighted by molar-refractivity contribution is 7.84. The van der Waals surface area contributed by atoms with Crippen molar-refractivity contribution >= 4 is 10.8 Å². The normalized spacial score (nSPS) is 13.0. The molecule has 1 aromatic rings. The summed E-state index contributed by atoms with van der Waals surface area (Å²) in [4.78, 5) is 4.59. The number of hydrogen-bond acceptors (Lipinski definition) is 2. The highest BCUT2D eigenvalue weighted by atomic mass is 32.2. The Bertz CT molecular complexity index is 210. The van der Waals surface area contributed by atoms with E-state index in [9.17, 15) is 4.21 Å². The Morgan fingerprint density at radius 1 is 1.67 bits per heavy atom. The Kier molecular flexibility index (Phi) is 1.95. The molecule has 0 bridgehead atoms. The fourth-order valence-electron chi connectivity index (χ4n) is 0.517. The number of pyridine rings is 1. The molecule has 0 aliphatic heterocycles. The summed E-state index contributed by atoms with van der Waals surface area (Å²) in [5.41, 5.74) is 0. The van der Waals surface area contributed by atoms with E-state index in [0.29, 0.717) is 0 Å². The van der Waals surface area contributed by atoms with Crippen LogP contribution in [-0.2, 0) is 10.8 Å². The first-order chi connectivity index (χ1) is 4.30. The van der Waals surface area contributed by atoms with Gasteiger partial charge in [0.1, 0.15) is 0 Å². The third kappa shape index (κ3) is 1.61. The van der Waals surface area contributed by atoms with E-state index in [1.807, 2.05) is 0 Å². The maximum atomic E-state index is 10.7. The van der Waals surface area contributed by atoms with Crippen molar-refractivity contribution in [3.05, 3.63) is 24.5 Å². The second-order valence-corrected chi connectivity index (χ2v) is 3.02. The lowest BCUT2D eigenvalue weighted by Gasteiger charge is -1.90. The summed E-state index contributed by atoms with van der Waals surface area (Å²) in [6.45, 7) is 0. The van der Waals surface area contributed by atoms with Gasteiger partial charge in [0.05, 0.1) is 15.7 Å². The Balaban J connectivity index is 2.98. The van der Waals surface area contributed by atoms with Crippen molar-refractivity contribution < 1.29 is 4.21 Å². The van der Waals surface area contributed by atoms with Gasteiger partial charge in [-0.3, -0.25) is 9.19 Å². The molecule has 0 spiro atoms. The van der Waals surface area contributed by atoms with Crippen molar-refractivity contribution in [3.63, 3.8) is 0 Å². The van der Waals surface area contributed by atoms with Crippen LogP contribution in [0.1, 0.15) is 0 Å². The zero-order valence-corrected chi connectivity index (χ0v) is 5.89. The predicted molar refractivity (Wildman–Crippen MR) is 36.6 cm³/mol. The quantitative estimate of drug-likeness (QED) is 0.579. The Labute approximate surface area is 56.4 Å². The third-order valence-electron chi connectivity index (χ3n) is 0.966. The number of rotatable bonds is 1. The van der Waals surface area contributed by atoms with Gasteiger partial charge in [0, 0.05) is 18.6 Å². The fourth-order valence-corrected chi connectivity index (χ4v) is 0.997. The van der Waals surface area contributed by atoms with Gasteiger partial charge in [0.15, 0.2) is 0 Å². The third-order valence-corrected chi connectivity index (χ3v) is 1.87. The van der Waals surface area contributed by atoms with Gasteiger partial charge in [-0.05, 0) is 12.1 Å². The van der Waals surface area contributed by atoms with Crippen molar-refractivity contribution in [1.82, 2.24) is 4.98 Å². The molecule has 1 aromatic heterocycles. The summed E-state index contributed by atoms with van der Waals surface area (Å²) in [6, 6.07) is 3.57. The van der Waals surface area contributed by atoms with E-state index in [4.69, 9.17) is 0 Å². The van der Waals surface area contributed by atoms with E-state index in [1.165, 1.54) is 0 Å². The van der Waals surface area contributed by atoms with E-state index in [2.05, 4.69) is 4.98 Å². The minimum absolute atomic E-state index is 0.775. The molecule has 0 unspecified atom stereocenters. The summed E-state index contributed by atoms with van der Waals surface area (Å²) in [6.07, 6.45) is 4.91. The van der Waals surface area contributed by atoms with Crippen LogP contribution in [0.25, 0.3) is 0 Å². The van der Waals surface area contributed by atoms with E-state index >= 15 is 0 Å². The average molecular weight is 141 g/mol. The second-order valence-electron chi connectivity index (χ2n) is 1.64. The van der Waals surface area contributed by atoms with Gasteiger partial charge in [-0.2, -0.15) is 0 Å². The lowest BCUT2D eigenvalue weighted by molar-refractivity contribution is 0.686. The van der Waals surface area contributed by atoms with Gasteiger partial charge in [0.25, 0.3) is 0 Å². The van der Waals surface area contributed by atoms with Crippen LogP contribution in [0.2, 0.25) is 0 Å². The van der Waals surface area contributed by atoms with Crippen LogP contribution in [0.3, 0.4) is 0 Å². The molecule has 1 atom stereocenters. The molecule has 3 heteroatoms. The first-order valence-corrected chi connectivity index (χ1v) is 4.10. The molecular formula is C6H7NOS. The van der Waals surface area contributed by atoms with E-state index in [1.54, 1.807) is 30.8 Å². The molecule has 0 aliphatic rings. The van der Waals surface area contributed by atoms with Crippen LogP contribution in [0.5, 0.6) is 0 Å². The molecule has 0 N–H and O–H groups in total. The molecule has 0 aromatic carbocycles. The highest BCUT2D eigenvalue weighted by Crippen LogP contribution is 1.98. The van der Waals surface area contributed by atoms with Crippen LogP contribution in [0.15, 0.2) is 29.4 Å². The summed E-state index contributed by atoms with van der Waals surface area (Å²) in [7, 11) is -0.891. The smallest absolute Gasteiger partial charge is 0.0568 e. The predicted octanol–water partition coefficient (Wildman–Crippen LogP) is 0.819. The lowest BCUT2D eigenvalue weighted by Crippen LogP contribution is -1.85. The molecule has 0 saturated carbocycles. The van der Waals surface area contributed by atoms with Gasteiger partial charge in [-0.25, -0.2) is 0 Å². The van der Waals surface area contributed by atoms with Gasteiger partial charge >= 0.3 is 0 Å². The van der Waals surface area contributed by atoms with Crippen LogP contribution < -0.4 is 0 Å². The van der Waals surface area contributed by atoms with Gasteiger partial charge in [-0.1, -0.05) is 0 Å². The van der Waals surface area contributed by atoms with Gasteiger partial charge in [-0.15, -0.1) is 0 Å². The summed E-state index contributed by atoms with van der Waals surface area (Å²) in [5.74, 6) is 0. The molecule has 0 fully saturated rings. The van der Waals surface area contributed by atoms with E-state index < -0.39 is 10.8 Å². The first kappa shape index (κ1) is 6.42. The Morgan fingerprint density at radius 2 is 2.44 bits per heavy atom. The molecule has 0 radical (unpaired) electrons. The van der Waals surface area contributed by atoms with Crippen LogP contribution >= 0.6 is 0 Å². The molecule has 48 valence electrons. The molecule has 1 rings (SSSR count). The van der Waals surface area contributed by atoms with Gasteiger partial charge in [0.2, 0.25) is 0 Å². The fraction of sp³-hybridized carbons (Fsp3) is 0.167. The average Bonchev–Trinajstić information content (AvgIpc) is 1.90. The summed E-state index contributed by atoms with van der Waals surface area (Å²) in [5, 5.41) is 0. The van der Waals surface area contributed by atoms with Crippen molar-refractivity contribution in [2.45, 2.75) is 4.90 Å². The molecular weight excluding hydrogens is 134 g/mol. The Hall–Kier alpha value is -0.700. The largest absolute Gasteiger partial charge is 0.263 e. The second kappa shape index (κ2) is 2.73. The topological polar surface area (TPSA) is 30.0 Å². The van der Waals surface area contributed by atoms with E-state index in [-0.39, 0.29) is 0 Å². The van der Waals surface area contributed by atoms with Crippen molar-refractivity contribution in [2.24, 2.45) is 0 Å². The van der Waals surface area contributed by atoms with Crippen LogP contribution in [0.4, 0.5) is 0 Å². The first-order valence-electron chi connectivity index (χ1n) is 2.54. The Morgan fingerprint density at radius 3 is 2.78 bits per heavy atom. The number of aromatic nitrogens is 1. The monoisotopic (exact) mass is 141 g/mol. The van der Waals surface area contributed by atoms with Crippen molar-refractivity contribution in [3.8, 4) is 0 Å². The van der Waals surface area contributed by atoms with Crippen molar-refractivity contribution in [1.29, 1.82) is 0 Å². The SMILES string of the molecule is C[S@](=O)c1cccnc1.